The zero-order chi connectivity index (χ0) is 32.1. The van der Waals surface area contributed by atoms with Crippen LogP contribution in [0, 0.1) is 34.9 Å². The van der Waals surface area contributed by atoms with Gasteiger partial charge in [0.25, 0.3) is 0 Å². The van der Waals surface area contributed by atoms with Crippen LogP contribution < -0.4 is 4.90 Å². The van der Waals surface area contributed by atoms with Crippen molar-refractivity contribution in [2.75, 3.05) is 4.90 Å². The van der Waals surface area contributed by atoms with Gasteiger partial charge in [0.2, 0.25) is 23.6 Å². The van der Waals surface area contributed by atoms with Crippen LogP contribution >= 0.6 is 22.9 Å². The number of phenolic OH excluding ortho intramolecular Hbond substituents is 1. The van der Waals surface area contributed by atoms with Crippen LogP contribution in [0.5, 0.6) is 5.75 Å². The van der Waals surface area contributed by atoms with Gasteiger partial charge in [-0.05, 0) is 72.3 Å². The summed E-state index contributed by atoms with van der Waals surface area (Å²) in [6.45, 7) is 2.00. The molecule has 2 aliphatic heterocycles. The zero-order valence-electron chi connectivity index (χ0n) is 24.7. The quantitative estimate of drug-likeness (QED) is 0.192. The maximum Gasteiger partial charge on any atom is 0.241 e. The van der Waals surface area contributed by atoms with E-state index in [1.54, 1.807) is 25.1 Å². The Morgan fingerprint density at radius 3 is 2.48 bits per heavy atom. The van der Waals surface area contributed by atoms with E-state index in [2.05, 4.69) is 0 Å². The summed E-state index contributed by atoms with van der Waals surface area (Å²) in [5, 5.41) is 13.8. The van der Waals surface area contributed by atoms with Crippen molar-refractivity contribution in [1.29, 1.82) is 0 Å². The molecular weight excluding hydrogens is 627 g/mol. The van der Waals surface area contributed by atoms with Crippen molar-refractivity contribution < 1.29 is 28.7 Å². The normalized spacial score (nSPS) is 28.8. The third-order valence-corrected chi connectivity index (χ3v) is 11.8. The fraction of sp³-hybridized carbons (Fsp3) is 0.278. The van der Waals surface area contributed by atoms with Crippen molar-refractivity contribution in [3.05, 3.63) is 105 Å². The first-order chi connectivity index (χ1) is 22.1. The first-order valence-corrected chi connectivity index (χ1v) is 16.5. The molecule has 0 spiro atoms. The zero-order valence-corrected chi connectivity index (χ0v) is 26.2. The van der Waals surface area contributed by atoms with E-state index in [0.29, 0.717) is 11.8 Å². The number of rotatable bonds is 4. The summed E-state index contributed by atoms with van der Waals surface area (Å²) >= 11 is 7.59. The van der Waals surface area contributed by atoms with Gasteiger partial charge < -0.3 is 5.11 Å². The van der Waals surface area contributed by atoms with Crippen LogP contribution in [0.2, 0.25) is 5.02 Å². The SMILES string of the molecule is CC12C(=O)N(c3ccc(F)c(Cl)c3)C(=O)C1CC1C(=CCC3C(=O)N(Cc4cccs4)C(=O)C31)C2c1ccc(O)c2ccccc12. The van der Waals surface area contributed by atoms with Crippen LogP contribution in [0.25, 0.3) is 10.8 Å². The van der Waals surface area contributed by atoms with Crippen LogP contribution in [-0.2, 0) is 25.7 Å². The van der Waals surface area contributed by atoms with Gasteiger partial charge in [0.1, 0.15) is 11.6 Å². The maximum atomic E-state index is 14.7. The number of carbonyl (C=O) groups is 4. The second kappa shape index (κ2) is 10.3. The van der Waals surface area contributed by atoms with E-state index in [-0.39, 0.29) is 41.2 Å². The number of nitrogens with zero attached hydrogens (tertiary/aromatic N) is 2. The van der Waals surface area contributed by atoms with Gasteiger partial charge in [-0.2, -0.15) is 0 Å². The Kier molecular flexibility index (Phi) is 6.54. The van der Waals surface area contributed by atoms with Crippen molar-refractivity contribution in [3.63, 3.8) is 0 Å². The molecule has 1 aromatic heterocycles. The molecule has 10 heteroatoms. The van der Waals surface area contributed by atoms with Gasteiger partial charge in [-0.3, -0.25) is 24.1 Å². The minimum Gasteiger partial charge on any atom is -0.507 e. The molecule has 4 amide bonds. The molecule has 1 N–H and O–H groups in total. The molecule has 4 aromatic rings. The maximum absolute atomic E-state index is 14.7. The lowest BCUT2D eigenvalue weighted by Crippen LogP contribution is -2.48. The van der Waals surface area contributed by atoms with Gasteiger partial charge >= 0.3 is 0 Å². The number of carbonyl (C=O) groups excluding carboxylic acids is 4. The van der Waals surface area contributed by atoms with E-state index in [0.717, 1.165) is 32.4 Å². The second-order valence-corrected chi connectivity index (χ2v) is 14.3. The van der Waals surface area contributed by atoms with E-state index in [1.165, 1.54) is 28.4 Å². The number of hydrogen-bond acceptors (Lipinski definition) is 6. The number of phenols is 1. The number of fused-ring (bicyclic) bond motifs is 5. The molecule has 0 radical (unpaired) electrons. The van der Waals surface area contributed by atoms with E-state index < -0.39 is 52.6 Å². The second-order valence-electron chi connectivity index (χ2n) is 12.8. The number of halogens is 2. The fourth-order valence-electron chi connectivity index (χ4n) is 8.57. The molecule has 8 rings (SSSR count). The van der Waals surface area contributed by atoms with E-state index in [4.69, 9.17) is 11.6 Å². The van der Waals surface area contributed by atoms with Gasteiger partial charge in [-0.15, -0.1) is 11.3 Å². The van der Waals surface area contributed by atoms with Gasteiger partial charge in [0.15, 0.2) is 0 Å². The van der Waals surface area contributed by atoms with Crippen LogP contribution in [0.15, 0.2) is 83.8 Å². The highest BCUT2D eigenvalue weighted by atomic mass is 35.5. The summed E-state index contributed by atoms with van der Waals surface area (Å²) in [5.74, 6) is -5.10. The van der Waals surface area contributed by atoms with Gasteiger partial charge in [-0.1, -0.05) is 59.6 Å². The monoisotopic (exact) mass is 654 g/mol. The number of aromatic hydroxyl groups is 1. The van der Waals surface area contributed by atoms with Gasteiger partial charge in [0.05, 0.1) is 40.4 Å². The summed E-state index contributed by atoms with van der Waals surface area (Å²) in [7, 11) is 0. The van der Waals surface area contributed by atoms with E-state index in [9.17, 15) is 28.7 Å². The number of hydrogen-bond donors (Lipinski definition) is 1. The highest BCUT2D eigenvalue weighted by Crippen LogP contribution is 2.64. The molecule has 4 aliphatic rings. The number of thiophene rings is 1. The van der Waals surface area contributed by atoms with Crippen LogP contribution in [0.4, 0.5) is 10.1 Å². The Hall–Kier alpha value is -4.34. The first-order valence-electron chi connectivity index (χ1n) is 15.2. The molecular formula is C36H28ClFN2O5S. The molecule has 6 atom stereocenters. The van der Waals surface area contributed by atoms with Gasteiger partial charge in [0, 0.05) is 16.2 Å². The average Bonchev–Trinajstić information content (AvgIpc) is 3.70. The number of amides is 4. The Morgan fingerprint density at radius 2 is 1.74 bits per heavy atom. The third-order valence-electron chi connectivity index (χ3n) is 10.7. The number of imide groups is 2. The smallest absolute Gasteiger partial charge is 0.241 e. The summed E-state index contributed by atoms with van der Waals surface area (Å²) < 4.78 is 14.1. The van der Waals surface area contributed by atoms with Gasteiger partial charge in [-0.25, -0.2) is 9.29 Å². The van der Waals surface area contributed by atoms with E-state index in [1.807, 2.05) is 41.8 Å². The lowest BCUT2D eigenvalue weighted by Gasteiger charge is -2.49. The van der Waals surface area contributed by atoms with Crippen LogP contribution in [-0.4, -0.2) is 33.6 Å². The molecule has 7 nitrogen and oxygen atoms in total. The highest BCUT2D eigenvalue weighted by molar-refractivity contribution is 7.09. The molecule has 0 bridgehead atoms. The molecule has 2 aliphatic carbocycles. The standard InChI is InChI=1S/C36H28ClFN2O5S/c1-36-26(33(43)40(35(36)45)18-8-12-28(38)27(37)15-18)16-25-23(31(36)22-11-13-29(41)21-7-3-2-6-20(21)22)9-10-24-30(25)34(44)39(32(24)42)17-19-5-4-14-46-19/h2-9,11-15,24-26,30-31,41H,10,16-17H2,1H3. The average molecular weight is 655 g/mol. The number of likely N-dealkylation sites (tertiary alicyclic amines) is 1. The molecule has 2 saturated heterocycles. The third kappa shape index (κ3) is 3.94. The molecule has 3 fully saturated rings. The molecule has 1 saturated carbocycles. The topological polar surface area (TPSA) is 95.0 Å². The van der Waals surface area contributed by atoms with E-state index >= 15 is 0 Å². The minimum absolute atomic E-state index is 0.0864. The Balaban J connectivity index is 1.30. The fourth-order valence-corrected chi connectivity index (χ4v) is 9.43. The largest absolute Gasteiger partial charge is 0.507 e. The number of benzene rings is 3. The molecule has 46 heavy (non-hydrogen) atoms. The Morgan fingerprint density at radius 1 is 0.957 bits per heavy atom. The lowest BCUT2D eigenvalue weighted by molar-refractivity contribution is -0.141. The van der Waals surface area contributed by atoms with Crippen molar-refractivity contribution in [2.24, 2.45) is 29.1 Å². The highest BCUT2D eigenvalue weighted by Gasteiger charge is 2.67. The van der Waals surface area contributed by atoms with Crippen molar-refractivity contribution in [2.45, 2.75) is 32.2 Å². The molecule has 6 unspecified atom stereocenters. The molecule has 232 valence electrons. The number of allylic oxidation sites excluding steroid dienone is 2. The summed E-state index contributed by atoms with van der Waals surface area (Å²) in [6.07, 6.45) is 2.56. The Labute approximate surface area is 272 Å². The van der Waals surface area contributed by atoms with Crippen molar-refractivity contribution >= 4 is 63.0 Å². The van der Waals surface area contributed by atoms with Crippen molar-refractivity contribution in [1.82, 2.24) is 4.90 Å². The lowest BCUT2D eigenvalue weighted by atomic mass is 9.51. The number of anilines is 1. The molecule has 3 aromatic carbocycles. The molecule has 3 heterocycles. The predicted molar refractivity (Wildman–Crippen MR) is 172 cm³/mol. The minimum atomic E-state index is -1.28. The summed E-state index contributed by atoms with van der Waals surface area (Å²) in [4.78, 5) is 60.3. The van der Waals surface area contributed by atoms with Crippen LogP contribution in [0.3, 0.4) is 0 Å². The van der Waals surface area contributed by atoms with Crippen LogP contribution in [0.1, 0.15) is 36.1 Å². The van der Waals surface area contributed by atoms with Crippen molar-refractivity contribution in [3.8, 4) is 5.75 Å². The first kappa shape index (κ1) is 29.1. The predicted octanol–water partition coefficient (Wildman–Crippen LogP) is 6.83. The summed E-state index contributed by atoms with van der Waals surface area (Å²) in [5.41, 5.74) is 0.503. The Bertz CT molecular complexity index is 2030. The summed E-state index contributed by atoms with van der Waals surface area (Å²) in [6, 6.07) is 18.3.